The molecule has 5 nitrogen and oxygen atoms in total. The largest absolute Gasteiger partial charge is 0.497 e. The molecule has 0 saturated carbocycles. The second-order valence-corrected chi connectivity index (χ2v) is 6.12. The average molecular weight is 310 g/mol. The van der Waals surface area contributed by atoms with Gasteiger partial charge in [0.2, 0.25) is 0 Å². The molecule has 0 atom stereocenters. The number of anilines is 2. The van der Waals surface area contributed by atoms with E-state index in [9.17, 15) is 12.8 Å². The van der Waals surface area contributed by atoms with Crippen LogP contribution in [0.15, 0.2) is 41.3 Å². The lowest BCUT2D eigenvalue weighted by molar-refractivity contribution is 0.414. The number of hydrogen-bond donors (Lipinski definition) is 2. The van der Waals surface area contributed by atoms with Crippen molar-refractivity contribution in [2.75, 3.05) is 17.6 Å². The maximum Gasteiger partial charge on any atom is 0.263 e. The number of rotatable bonds is 4. The van der Waals surface area contributed by atoms with Crippen molar-refractivity contribution in [3.63, 3.8) is 0 Å². The maximum atomic E-state index is 13.2. The third kappa shape index (κ3) is 3.25. The van der Waals surface area contributed by atoms with Crippen LogP contribution < -0.4 is 15.2 Å². The Morgan fingerprint density at radius 3 is 2.52 bits per heavy atom. The highest BCUT2D eigenvalue weighted by Crippen LogP contribution is 2.27. The first-order valence-corrected chi connectivity index (χ1v) is 7.54. The van der Waals surface area contributed by atoms with Crippen LogP contribution in [0.4, 0.5) is 15.8 Å². The van der Waals surface area contributed by atoms with Gasteiger partial charge < -0.3 is 10.5 Å². The van der Waals surface area contributed by atoms with Gasteiger partial charge in [0, 0.05) is 6.07 Å². The van der Waals surface area contributed by atoms with Crippen molar-refractivity contribution in [1.82, 2.24) is 0 Å². The minimum atomic E-state index is -3.91. The van der Waals surface area contributed by atoms with Crippen LogP contribution in [0, 0.1) is 12.7 Å². The SMILES string of the molecule is COc1ccc(S(=O)(=O)Nc2cc(F)ccc2C)c(N)c1. The van der Waals surface area contributed by atoms with Crippen molar-refractivity contribution in [1.29, 1.82) is 0 Å². The van der Waals surface area contributed by atoms with E-state index in [-0.39, 0.29) is 16.3 Å². The molecule has 0 spiro atoms. The molecule has 2 rings (SSSR count). The molecule has 2 aromatic rings. The molecule has 0 unspecified atom stereocenters. The Kier molecular flexibility index (Phi) is 4.04. The molecular formula is C14H15FN2O3S. The molecule has 0 aliphatic carbocycles. The molecule has 0 bridgehead atoms. The van der Waals surface area contributed by atoms with Gasteiger partial charge in [-0.05, 0) is 36.8 Å². The molecule has 0 aromatic heterocycles. The predicted octanol–water partition coefficient (Wildman–Crippen LogP) is 2.53. The lowest BCUT2D eigenvalue weighted by Crippen LogP contribution is -2.15. The van der Waals surface area contributed by atoms with Crippen molar-refractivity contribution < 1.29 is 17.5 Å². The summed E-state index contributed by atoms with van der Waals surface area (Å²) in [6, 6.07) is 8.10. The van der Waals surface area contributed by atoms with Gasteiger partial charge in [-0.3, -0.25) is 4.72 Å². The molecule has 0 fully saturated rings. The van der Waals surface area contributed by atoms with E-state index in [1.54, 1.807) is 6.92 Å². The van der Waals surface area contributed by atoms with Gasteiger partial charge in [0.25, 0.3) is 10.0 Å². The molecule has 0 amide bonds. The molecule has 2 aromatic carbocycles. The average Bonchev–Trinajstić information content (AvgIpc) is 2.42. The van der Waals surface area contributed by atoms with Crippen molar-refractivity contribution in [3.05, 3.63) is 47.8 Å². The summed E-state index contributed by atoms with van der Waals surface area (Å²) in [6.07, 6.45) is 0. The smallest absolute Gasteiger partial charge is 0.263 e. The third-order valence-electron chi connectivity index (χ3n) is 2.95. The van der Waals surface area contributed by atoms with Crippen molar-refractivity contribution >= 4 is 21.4 Å². The van der Waals surface area contributed by atoms with Gasteiger partial charge >= 0.3 is 0 Å². The van der Waals surface area contributed by atoms with Gasteiger partial charge in [-0.15, -0.1) is 0 Å². The summed E-state index contributed by atoms with van der Waals surface area (Å²) in [5, 5.41) is 0. The summed E-state index contributed by atoms with van der Waals surface area (Å²) >= 11 is 0. The highest BCUT2D eigenvalue weighted by Gasteiger charge is 2.19. The molecule has 3 N–H and O–H groups in total. The fourth-order valence-corrected chi connectivity index (χ4v) is 3.04. The number of sulfonamides is 1. The van der Waals surface area contributed by atoms with Gasteiger partial charge in [-0.1, -0.05) is 6.07 Å². The first-order chi connectivity index (χ1) is 9.83. The number of hydrogen-bond acceptors (Lipinski definition) is 4. The molecule has 112 valence electrons. The summed E-state index contributed by atoms with van der Waals surface area (Å²) in [7, 11) is -2.45. The molecule has 0 aliphatic rings. The molecule has 7 heteroatoms. The van der Waals surface area contributed by atoms with Gasteiger partial charge in [-0.2, -0.15) is 0 Å². The monoisotopic (exact) mass is 310 g/mol. The summed E-state index contributed by atoms with van der Waals surface area (Å²) in [5.74, 6) is -0.0746. The highest BCUT2D eigenvalue weighted by atomic mass is 32.2. The zero-order valence-corrected chi connectivity index (χ0v) is 12.4. The Morgan fingerprint density at radius 1 is 1.19 bits per heavy atom. The van der Waals surface area contributed by atoms with Crippen LogP contribution in [-0.2, 0) is 10.0 Å². The molecule has 0 radical (unpaired) electrons. The number of ether oxygens (including phenoxy) is 1. The number of halogens is 1. The number of nitrogen functional groups attached to an aromatic ring is 1. The number of nitrogens with two attached hydrogens (primary N) is 1. The molecule has 21 heavy (non-hydrogen) atoms. The summed E-state index contributed by atoms with van der Waals surface area (Å²) in [5.41, 5.74) is 6.56. The standard InChI is InChI=1S/C14H15FN2O3S/c1-9-3-4-10(15)7-13(9)17-21(18,19)14-6-5-11(20-2)8-12(14)16/h3-8,17H,16H2,1-2H3. The highest BCUT2D eigenvalue weighted by molar-refractivity contribution is 7.92. The second-order valence-electron chi connectivity index (χ2n) is 4.47. The number of benzene rings is 2. The van der Waals surface area contributed by atoms with E-state index in [2.05, 4.69) is 4.72 Å². The summed E-state index contributed by atoms with van der Waals surface area (Å²) in [6.45, 7) is 1.68. The minimum absolute atomic E-state index is 0.0518. The van der Waals surface area contributed by atoms with Crippen molar-refractivity contribution in [2.24, 2.45) is 0 Å². The van der Waals surface area contributed by atoms with E-state index in [1.165, 1.54) is 37.4 Å². The first kappa shape index (κ1) is 15.1. The lowest BCUT2D eigenvalue weighted by atomic mass is 10.2. The normalized spacial score (nSPS) is 11.2. The van der Waals surface area contributed by atoms with E-state index < -0.39 is 15.8 Å². The Hall–Kier alpha value is -2.28. The van der Waals surface area contributed by atoms with Crippen LogP contribution in [0.3, 0.4) is 0 Å². The van der Waals surface area contributed by atoms with Crippen LogP contribution >= 0.6 is 0 Å². The number of methoxy groups -OCH3 is 1. The van der Waals surface area contributed by atoms with Crippen LogP contribution in [-0.4, -0.2) is 15.5 Å². The molecule has 0 heterocycles. The van der Waals surface area contributed by atoms with Crippen LogP contribution in [0.25, 0.3) is 0 Å². The van der Waals surface area contributed by atoms with E-state index in [0.29, 0.717) is 11.3 Å². The third-order valence-corrected chi connectivity index (χ3v) is 4.39. The second kappa shape index (κ2) is 5.61. The zero-order valence-electron chi connectivity index (χ0n) is 11.6. The lowest BCUT2D eigenvalue weighted by Gasteiger charge is -2.13. The Labute approximate surface area is 122 Å². The Bertz CT molecular complexity index is 776. The van der Waals surface area contributed by atoms with Gasteiger partial charge in [0.15, 0.2) is 0 Å². The number of aryl methyl sites for hydroxylation is 1. The molecule has 0 aliphatic heterocycles. The number of nitrogens with one attached hydrogen (secondary N) is 1. The van der Waals surface area contributed by atoms with E-state index in [1.807, 2.05) is 0 Å². The molecule has 0 saturated heterocycles. The zero-order chi connectivity index (χ0) is 15.6. The van der Waals surface area contributed by atoms with Gasteiger partial charge in [-0.25, -0.2) is 12.8 Å². The minimum Gasteiger partial charge on any atom is -0.497 e. The maximum absolute atomic E-state index is 13.2. The summed E-state index contributed by atoms with van der Waals surface area (Å²) < 4.78 is 45.2. The topological polar surface area (TPSA) is 81.4 Å². The van der Waals surface area contributed by atoms with Crippen LogP contribution in [0.5, 0.6) is 5.75 Å². The fourth-order valence-electron chi connectivity index (χ4n) is 1.80. The van der Waals surface area contributed by atoms with Crippen molar-refractivity contribution in [2.45, 2.75) is 11.8 Å². The van der Waals surface area contributed by atoms with Crippen LogP contribution in [0.1, 0.15) is 5.56 Å². The first-order valence-electron chi connectivity index (χ1n) is 6.06. The van der Waals surface area contributed by atoms with E-state index >= 15 is 0 Å². The fraction of sp³-hybridized carbons (Fsp3) is 0.143. The van der Waals surface area contributed by atoms with Gasteiger partial charge in [0.1, 0.15) is 16.5 Å². The Morgan fingerprint density at radius 2 is 1.90 bits per heavy atom. The quantitative estimate of drug-likeness (QED) is 0.850. The molecular weight excluding hydrogens is 295 g/mol. The predicted molar refractivity (Wildman–Crippen MR) is 79.4 cm³/mol. The van der Waals surface area contributed by atoms with E-state index in [0.717, 1.165) is 6.07 Å². The van der Waals surface area contributed by atoms with Gasteiger partial charge in [0.05, 0.1) is 18.5 Å². The van der Waals surface area contributed by atoms with E-state index in [4.69, 9.17) is 10.5 Å². The van der Waals surface area contributed by atoms with Crippen LogP contribution in [0.2, 0.25) is 0 Å². The summed E-state index contributed by atoms with van der Waals surface area (Å²) in [4.78, 5) is -0.0908. The van der Waals surface area contributed by atoms with Crippen molar-refractivity contribution in [3.8, 4) is 5.75 Å². The Balaban J connectivity index is 2.41.